The van der Waals surface area contributed by atoms with Crippen molar-refractivity contribution in [3.05, 3.63) is 33.8 Å². The number of nitrogens with zero attached hydrogens (tertiary/aromatic N) is 1. The Balaban J connectivity index is 2.23. The summed E-state index contributed by atoms with van der Waals surface area (Å²) in [5.74, 6) is 0. The Morgan fingerprint density at radius 2 is 2.15 bits per heavy atom. The van der Waals surface area contributed by atoms with E-state index in [1.54, 1.807) is 18.2 Å². The molecule has 2 N–H and O–H groups in total. The van der Waals surface area contributed by atoms with Crippen molar-refractivity contribution in [3.8, 4) is 0 Å². The van der Waals surface area contributed by atoms with Crippen LogP contribution in [0.25, 0.3) is 0 Å². The predicted octanol–water partition coefficient (Wildman–Crippen LogP) is 2.79. The fraction of sp³-hybridized carbons (Fsp3) is 0.462. The van der Waals surface area contributed by atoms with E-state index < -0.39 is 18.2 Å². The van der Waals surface area contributed by atoms with Gasteiger partial charge in [-0.25, -0.2) is 4.79 Å². The molecule has 20 heavy (non-hydrogen) atoms. The van der Waals surface area contributed by atoms with Gasteiger partial charge in [-0.3, -0.25) is 4.90 Å². The molecule has 1 fully saturated rings. The lowest BCUT2D eigenvalue weighted by atomic mass is 10.00. The monoisotopic (exact) mass is 319 g/mol. The van der Waals surface area contributed by atoms with Gasteiger partial charge in [-0.1, -0.05) is 29.3 Å². The Morgan fingerprint density at radius 3 is 2.70 bits per heavy atom. The zero-order valence-corrected chi connectivity index (χ0v) is 12.3. The molecule has 1 aromatic rings. The quantitative estimate of drug-likeness (QED) is 0.898. The SMILES string of the molecule is CO[C@@H]1C[C@@H]([C@@H](O)c2ccc(Cl)c(Cl)c2)N(C(=O)O)C1. The number of hydrogen-bond acceptors (Lipinski definition) is 3. The lowest BCUT2D eigenvalue weighted by Gasteiger charge is -2.26. The molecular formula is C13H15Cl2NO4. The minimum absolute atomic E-state index is 0.214. The predicted molar refractivity (Wildman–Crippen MR) is 75.4 cm³/mol. The highest BCUT2D eigenvalue weighted by atomic mass is 35.5. The van der Waals surface area contributed by atoms with E-state index in [9.17, 15) is 15.0 Å². The van der Waals surface area contributed by atoms with Gasteiger partial charge >= 0.3 is 6.09 Å². The van der Waals surface area contributed by atoms with Crippen molar-refractivity contribution in [2.75, 3.05) is 13.7 Å². The number of aliphatic hydroxyl groups excluding tert-OH is 1. The number of amides is 1. The molecule has 0 saturated carbocycles. The summed E-state index contributed by atoms with van der Waals surface area (Å²) in [7, 11) is 1.53. The summed E-state index contributed by atoms with van der Waals surface area (Å²) in [6, 6.07) is 4.21. The number of carbonyl (C=O) groups is 1. The van der Waals surface area contributed by atoms with Crippen molar-refractivity contribution in [2.24, 2.45) is 0 Å². The lowest BCUT2D eigenvalue weighted by Crippen LogP contribution is -2.38. The summed E-state index contributed by atoms with van der Waals surface area (Å²) >= 11 is 11.8. The number of methoxy groups -OCH3 is 1. The van der Waals surface area contributed by atoms with Crippen LogP contribution in [-0.4, -0.2) is 47.0 Å². The van der Waals surface area contributed by atoms with Crippen molar-refractivity contribution >= 4 is 29.3 Å². The maximum absolute atomic E-state index is 11.2. The minimum Gasteiger partial charge on any atom is -0.465 e. The second kappa shape index (κ2) is 6.18. The van der Waals surface area contributed by atoms with Gasteiger partial charge in [-0.15, -0.1) is 0 Å². The maximum Gasteiger partial charge on any atom is 0.407 e. The summed E-state index contributed by atoms with van der Waals surface area (Å²) in [4.78, 5) is 12.4. The van der Waals surface area contributed by atoms with Crippen LogP contribution < -0.4 is 0 Å². The Bertz CT molecular complexity index is 511. The molecule has 0 spiro atoms. The van der Waals surface area contributed by atoms with Gasteiger partial charge in [-0.05, 0) is 24.1 Å². The van der Waals surface area contributed by atoms with Gasteiger partial charge in [0.15, 0.2) is 0 Å². The van der Waals surface area contributed by atoms with Gasteiger partial charge < -0.3 is 14.9 Å². The van der Waals surface area contributed by atoms with Crippen LogP contribution in [0, 0.1) is 0 Å². The largest absolute Gasteiger partial charge is 0.465 e. The summed E-state index contributed by atoms with van der Waals surface area (Å²) < 4.78 is 5.19. The first-order valence-electron chi connectivity index (χ1n) is 6.09. The third-order valence-electron chi connectivity index (χ3n) is 3.53. The number of halogens is 2. The van der Waals surface area contributed by atoms with Crippen LogP contribution in [-0.2, 0) is 4.74 Å². The molecular weight excluding hydrogens is 305 g/mol. The molecule has 5 nitrogen and oxygen atoms in total. The van der Waals surface area contributed by atoms with Gasteiger partial charge in [-0.2, -0.15) is 0 Å². The van der Waals surface area contributed by atoms with E-state index in [0.29, 0.717) is 22.0 Å². The third kappa shape index (κ3) is 3.01. The first-order valence-corrected chi connectivity index (χ1v) is 6.85. The number of hydrogen-bond donors (Lipinski definition) is 2. The zero-order valence-electron chi connectivity index (χ0n) is 10.8. The fourth-order valence-corrected chi connectivity index (χ4v) is 2.74. The molecule has 1 aliphatic heterocycles. The van der Waals surface area contributed by atoms with E-state index >= 15 is 0 Å². The average Bonchev–Trinajstić information content (AvgIpc) is 2.85. The molecule has 0 radical (unpaired) electrons. The standard InChI is InChI=1S/C13H15Cl2NO4/c1-20-8-5-11(16(6-8)13(18)19)12(17)7-2-3-9(14)10(15)4-7/h2-4,8,11-12,17H,5-6H2,1H3,(H,18,19)/t8-,11+,12+/m1/s1. The number of rotatable bonds is 3. The summed E-state index contributed by atoms with van der Waals surface area (Å²) in [6.45, 7) is 0.245. The molecule has 2 rings (SSSR count). The van der Waals surface area contributed by atoms with Crippen LogP contribution >= 0.6 is 23.2 Å². The van der Waals surface area contributed by atoms with Crippen LogP contribution in [0.4, 0.5) is 4.79 Å². The Kier molecular flexibility index (Phi) is 4.75. The summed E-state index contributed by atoms with van der Waals surface area (Å²) in [6.07, 6.45) is -1.83. The molecule has 1 saturated heterocycles. The Labute approximate surface area is 126 Å². The molecule has 7 heteroatoms. The van der Waals surface area contributed by atoms with E-state index in [1.165, 1.54) is 12.0 Å². The molecule has 0 aliphatic carbocycles. The van der Waals surface area contributed by atoms with Crippen LogP contribution in [0.3, 0.4) is 0 Å². The highest BCUT2D eigenvalue weighted by Crippen LogP contribution is 2.33. The highest BCUT2D eigenvalue weighted by molar-refractivity contribution is 6.42. The van der Waals surface area contributed by atoms with E-state index in [1.807, 2.05) is 0 Å². The topological polar surface area (TPSA) is 70.0 Å². The second-order valence-corrected chi connectivity index (χ2v) is 5.53. The molecule has 0 unspecified atom stereocenters. The number of benzene rings is 1. The highest BCUT2D eigenvalue weighted by Gasteiger charge is 2.40. The minimum atomic E-state index is -1.08. The summed E-state index contributed by atoms with van der Waals surface area (Å²) in [5, 5.41) is 20.3. The number of aliphatic hydroxyl groups is 1. The van der Waals surface area contributed by atoms with E-state index in [4.69, 9.17) is 27.9 Å². The molecule has 3 atom stereocenters. The first kappa shape index (κ1) is 15.4. The Hall–Kier alpha value is -1.01. The van der Waals surface area contributed by atoms with E-state index in [-0.39, 0.29) is 12.6 Å². The molecule has 1 aromatic carbocycles. The van der Waals surface area contributed by atoms with Crippen LogP contribution in [0.5, 0.6) is 0 Å². The van der Waals surface area contributed by atoms with E-state index in [2.05, 4.69) is 0 Å². The fourth-order valence-electron chi connectivity index (χ4n) is 2.43. The van der Waals surface area contributed by atoms with Gasteiger partial charge in [0.2, 0.25) is 0 Å². The lowest BCUT2D eigenvalue weighted by molar-refractivity contribution is 0.0677. The second-order valence-electron chi connectivity index (χ2n) is 4.71. The Morgan fingerprint density at radius 1 is 1.45 bits per heavy atom. The maximum atomic E-state index is 11.2. The number of carboxylic acid groups (broad SMARTS) is 1. The van der Waals surface area contributed by atoms with Gasteiger partial charge in [0.25, 0.3) is 0 Å². The average molecular weight is 320 g/mol. The van der Waals surface area contributed by atoms with Crippen LogP contribution in [0.1, 0.15) is 18.1 Å². The zero-order chi connectivity index (χ0) is 14.9. The van der Waals surface area contributed by atoms with Crippen LogP contribution in [0.2, 0.25) is 10.0 Å². The van der Waals surface area contributed by atoms with Crippen molar-refractivity contribution in [2.45, 2.75) is 24.7 Å². The van der Waals surface area contributed by atoms with Crippen molar-refractivity contribution in [1.82, 2.24) is 4.90 Å². The normalized spacial score (nSPS) is 23.9. The van der Waals surface area contributed by atoms with Gasteiger partial charge in [0, 0.05) is 7.11 Å². The number of likely N-dealkylation sites (tertiary alicyclic amines) is 1. The third-order valence-corrected chi connectivity index (χ3v) is 4.27. The molecule has 0 aromatic heterocycles. The van der Waals surface area contributed by atoms with E-state index in [0.717, 1.165) is 0 Å². The molecule has 1 aliphatic rings. The molecule has 110 valence electrons. The van der Waals surface area contributed by atoms with Crippen molar-refractivity contribution in [3.63, 3.8) is 0 Å². The first-order chi connectivity index (χ1) is 9.43. The smallest absolute Gasteiger partial charge is 0.407 e. The van der Waals surface area contributed by atoms with Gasteiger partial charge in [0.05, 0.1) is 34.8 Å². The number of ether oxygens (including phenoxy) is 1. The molecule has 1 amide bonds. The van der Waals surface area contributed by atoms with Gasteiger partial charge in [0.1, 0.15) is 0 Å². The van der Waals surface area contributed by atoms with Crippen LogP contribution in [0.15, 0.2) is 18.2 Å². The van der Waals surface area contributed by atoms with Crippen molar-refractivity contribution < 1.29 is 19.7 Å². The van der Waals surface area contributed by atoms with Crippen molar-refractivity contribution in [1.29, 1.82) is 0 Å². The molecule has 1 heterocycles. The summed E-state index contributed by atoms with van der Waals surface area (Å²) in [5.41, 5.74) is 0.535. The molecule has 0 bridgehead atoms.